The molecule has 1 fully saturated rings. The summed E-state index contributed by atoms with van der Waals surface area (Å²) in [6.45, 7) is 1.64. The summed E-state index contributed by atoms with van der Waals surface area (Å²) in [5.74, 6) is -0.528. The van der Waals surface area contributed by atoms with Crippen molar-refractivity contribution in [3.05, 3.63) is 35.4 Å². The zero-order valence-electron chi connectivity index (χ0n) is 9.38. The van der Waals surface area contributed by atoms with E-state index < -0.39 is 10.9 Å². The van der Waals surface area contributed by atoms with Crippen molar-refractivity contribution >= 4 is 17.7 Å². The van der Waals surface area contributed by atoms with E-state index in [1.165, 1.54) is 17.8 Å². The lowest BCUT2D eigenvalue weighted by molar-refractivity contribution is -0.255. The van der Waals surface area contributed by atoms with Crippen LogP contribution in [0.1, 0.15) is 22.8 Å². The fourth-order valence-corrected chi connectivity index (χ4v) is 3.18. The number of aliphatic hydroxyl groups is 1. The Kier molecular flexibility index (Phi) is 3.42. The lowest BCUT2D eigenvalue weighted by Gasteiger charge is -2.28. The van der Waals surface area contributed by atoms with E-state index in [0.717, 1.165) is 5.75 Å². The molecule has 0 aromatic heterocycles. The first-order valence-corrected chi connectivity index (χ1v) is 6.31. The van der Waals surface area contributed by atoms with Gasteiger partial charge in [0.2, 0.25) is 0 Å². The molecule has 0 aliphatic carbocycles. The minimum absolute atomic E-state index is 0.0121. The van der Waals surface area contributed by atoms with Crippen LogP contribution in [0.25, 0.3) is 0 Å². The molecule has 1 aliphatic heterocycles. The SMILES string of the molecule is C[C@H]1CS[C@@](CO)(c2ccccc2C(=O)[O-])O1. The van der Waals surface area contributed by atoms with Crippen molar-refractivity contribution < 1.29 is 19.7 Å². The normalized spacial score (nSPS) is 28.2. The maximum absolute atomic E-state index is 11.1. The van der Waals surface area contributed by atoms with E-state index in [4.69, 9.17) is 4.74 Å². The first kappa shape index (κ1) is 12.4. The summed E-state index contributed by atoms with van der Waals surface area (Å²) in [6, 6.07) is 6.48. The van der Waals surface area contributed by atoms with Crippen LogP contribution in [0.4, 0.5) is 0 Å². The minimum atomic E-state index is -1.25. The van der Waals surface area contributed by atoms with Gasteiger partial charge in [-0.25, -0.2) is 0 Å². The van der Waals surface area contributed by atoms with E-state index in [2.05, 4.69) is 0 Å². The van der Waals surface area contributed by atoms with Crippen molar-refractivity contribution in [3.8, 4) is 0 Å². The molecule has 0 saturated carbocycles. The largest absolute Gasteiger partial charge is 0.545 e. The van der Waals surface area contributed by atoms with Gasteiger partial charge in [0.25, 0.3) is 0 Å². The molecule has 1 aliphatic rings. The molecule has 0 amide bonds. The van der Waals surface area contributed by atoms with Crippen LogP contribution < -0.4 is 5.11 Å². The zero-order valence-corrected chi connectivity index (χ0v) is 10.2. The van der Waals surface area contributed by atoms with Crippen LogP contribution in [0.3, 0.4) is 0 Å². The second-order valence-electron chi connectivity index (χ2n) is 3.98. The Morgan fingerprint density at radius 2 is 2.35 bits per heavy atom. The Bertz CT molecular complexity index is 434. The number of carbonyl (C=O) groups is 1. The first-order chi connectivity index (χ1) is 8.09. The second kappa shape index (κ2) is 4.68. The first-order valence-electron chi connectivity index (χ1n) is 5.32. The smallest absolute Gasteiger partial charge is 0.163 e. The summed E-state index contributed by atoms with van der Waals surface area (Å²) in [4.78, 5) is 10.1. The molecule has 0 unspecified atom stereocenters. The number of carboxylic acids is 1. The van der Waals surface area contributed by atoms with Gasteiger partial charge < -0.3 is 19.7 Å². The van der Waals surface area contributed by atoms with Crippen LogP contribution in [0.15, 0.2) is 24.3 Å². The molecule has 0 radical (unpaired) electrons. The number of carboxylic acid groups (broad SMARTS) is 1. The molecular formula is C12H13O4S-. The molecule has 92 valence electrons. The quantitative estimate of drug-likeness (QED) is 0.841. The lowest BCUT2D eigenvalue weighted by atomic mass is 10.0. The molecule has 1 aromatic carbocycles. The molecule has 1 saturated heterocycles. The summed E-state index contributed by atoms with van der Waals surface area (Å²) in [7, 11) is 0. The standard InChI is InChI=1S/C12H14O4S/c1-8-6-17-12(7-13,16-8)10-5-3-2-4-9(10)11(14)15/h2-5,8,13H,6-7H2,1H3,(H,14,15)/p-1/t8-,12-/m0/s1. The number of benzene rings is 1. The molecular weight excluding hydrogens is 240 g/mol. The maximum Gasteiger partial charge on any atom is 0.163 e. The van der Waals surface area contributed by atoms with Gasteiger partial charge >= 0.3 is 0 Å². The van der Waals surface area contributed by atoms with Crippen LogP contribution in [-0.2, 0) is 9.67 Å². The highest BCUT2D eigenvalue weighted by Gasteiger charge is 2.42. The van der Waals surface area contributed by atoms with Gasteiger partial charge in [-0.15, -0.1) is 11.8 Å². The molecule has 1 aromatic rings. The Morgan fingerprint density at radius 1 is 1.65 bits per heavy atom. The van der Waals surface area contributed by atoms with Gasteiger partial charge in [-0.1, -0.05) is 24.3 Å². The monoisotopic (exact) mass is 253 g/mol. The van der Waals surface area contributed by atoms with Crippen molar-refractivity contribution in [2.24, 2.45) is 0 Å². The summed E-state index contributed by atoms with van der Waals surface area (Å²) in [5, 5.41) is 20.6. The molecule has 2 rings (SSSR count). The Hall–Kier alpha value is -1.04. The second-order valence-corrected chi connectivity index (χ2v) is 5.27. The van der Waals surface area contributed by atoms with E-state index in [1.807, 2.05) is 6.92 Å². The minimum Gasteiger partial charge on any atom is -0.545 e. The van der Waals surface area contributed by atoms with Gasteiger partial charge in [-0.2, -0.15) is 0 Å². The van der Waals surface area contributed by atoms with Gasteiger partial charge in [-0.05, 0) is 6.92 Å². The van der Waals surface area contributed by atoms with E-state index in [1.54, 1.807) is 18.2 Å². The average Bonchev–Trinajstić information content (AvgIpc) is 2.72. The number of hydrogen-bond donors (Lipinski definition) is 1. The third-order valence-corrected chi connectivity index (χ3v) is 4.26. The summed E-state index contributed by atoms with van der Waals surface area (Å²) < 4.78 is 5.70. The van der Waals surface area contributed by atoms with Crippen LogP contribution in [0.2, 0.25) is 0 Å². The van der Waals surface area contributed by atoms with Gasteiger partial charge in [-0.3, -0.25) is 0 Å². The third-order valence-electron chi connectivity index (χ3n) is 2.71. The fourth-order valence-electron chi connectivity index (χ4n) is 1.95. The number of hydrogen-bond acceptors (Lipinski definition) is 5. The number of carbonyl (C=O) groups excluding carboxylic acids is 1. The zero-order chi connectivity index (χ0) is 12.5. The molecule has 1 N–H and O–H groups in total. The van der Waals surface area contributed by atoms with E-state index in [0.29, 0.717) is 5.56 Å². The topological polar surface area (TPSA) is 69.6 Å². The fraction of sp³-hybridized carbons (Fsp3) is 0.417. The van der Waals surface area contributed by atoms with Gasteiger partial charge in [0.1, 0.15) is 0 Å². The van der Waals surface area contributed by atoms with Crippen molar-refractivity contribution in [2.45, 2.75) is 18.0 Å². The number of thioether (sulfide) groups is 1. The number of aliphatic hydroxyl groups excluding tert-OH is 1. The van der Waals surface area contributed by atoms with Gasteiger partial charge in [0, 0.05) is 16.9 Å². The number of ether oxygens (including phenoxy) is 1. The van der Waals surface area contributed by atoms with E-state index in [-0.39, 0.29) is 18.3 Å². The highest BCUT2D eigenvalue weighted by atomic mass is 32.2. The van der Waals surface area contributed by atoms with Crippen LogP contribution in [0.5, 0.6) is 0 Å². The predicted molar refractivity (Wildman–Crippen MR) is 62.5 cm³/mol. The molecule has 0 spiro atoms. The summed E-state index contributed by atoms with van der Waals surface area (Å²) >= 11 is 1.42. The molecule has 1 heterocycles. The highest BCUT2D eigenvalue weighted by molar-refractivity contribution is 8.00. The van der Waals surface area contributed by atoms with Crippen molar-refractivity contribution in [1.82, 2.24) is 0 Å². The van der Waals surface area contributed by atoms with Crippen LogP contribution in [-0.4, -0.2) is 29.5 Å². The van der Waals surface area contributed by atoms with Crippen molar-refractivity contribution in [1.29, 1.82) is 0 Å². The number of rotatable bonds is 3. The highest BCUT2D eigenvalue weighted by Crippen LogP contribution is 2.45. The maximum atomic E-state index is 11.1. The Balaban J connectivity index is 2.48. The molecule has 0 bridgehead atoms. The lowest BCUT2D eigenvalue weighted by Crippen LogP contribution is -2.33. The molecule has 5 heteroatoms. The Labute approximate surface area is 104 Å². The summed E-state index contributed by atoms with van der Waals surface area (Å²) in [6.07, 6.45) is -0.0121. The van der Waals surface area contributed by atoms with E-state index >= 15 is 0 Å². The third kappa shape index (κ3) is 2.18. The Morgan fingerprint density at radius 3 is 2.88 bits per heavy atom. The molecule has 17 heavy (non-hydrogen) atoms. The average molecular weight is 253 g/mol. The molecule has 2 atom stereocenters. The predicted octanol–water partition coefficient (Wildman–Crippen LogP) is 0.347. The van der Waals surface area contributed by atoms with Crippen LogP contribution >= 0.6 is 11.8 Å². The summed E-state index contributed by atoms with van der Waals surface area (Å²) in [5.41, 5.74) is 0.542. The number of aromatic carboxylic acids is 1. The molecule has 4 nitrogen and oxygen atoms in total. The van der Waals surface area contributed by atoms with Crippen molar-refractivity contribution in [3.63, 3.8) is 0 Å². The van der Waals surface area contributed by atoms with Crippen LogP contribution in [0, 0.1) is 0 Å². The van der Waals surface area contributed by atoms with E-state index in [9.17, 15) is 15.0 Å². The van der Waals surface area contributed by atoms with Gasteiger partial charge in [0.05, 0.1) is 18.7 Å². The van der Waals surface area contributed by atoms with Crippen molar-refractivity contribution in [2.75, 3.05) is 12.4 Å². The van der Waals surface area contributed by atoms with Gasteiger partial charge in [0.15, 0.2) is 4.93 Å².